The van der Waals surface area contributed by atoms with E-state index in [-0.39, 0.29) is 25.0 Å². The van der Waals surface area contributed by atoms with Crippen LogP contribution in [0.1, 0.15) is 44.2 Å². The number of anilines is 1. The van der Waals surface area contributed by atoms with Gasteiger partial charge in [-0.3, -0.25) is 0 Å². The fraction of sp³-hybridized carbons (Fsp3) is 0.786. The molecule has 0 amide bonds. The van der Waals surface area contributed by atoms with Crippen LogP contribution in [0.3, 0.4) is 0 Å². The maximum atomic E-state index is 12.9. The van der Waals surface area contributed by atoms with Crippen molar-refractivity contribution in [1.82, 2.24) is 4.98 Å². The van der Waals surface area contributed by atoms with Gasteiger partial charge in [-0.2, -0.15) is 13.2 Å². The number of aliphatic hydroxyl groups excluding tert-OH is 1. The van der Waals surface area contributed by atoms with Crippen LogP contribution < -0.4 is 4.90 Å². The minimum Gasteiger partial charge on any atom is -0.391 e. The number of aromatic nitrogens is 1. The lowest BCUT2D eigenvalue weighted by Gasteiger charge is -2.33. The summed E-state index contributed by atoms with van der Waals surface area (Å²) < 4.78 is 38.7. The highest BCUT2D eigenvalue weighted by Gasteiger charge is 2.42. The van der Waals surface area contributed by atoms with E-state index in [2.05, 4.69) is 4.98 Å². The summed E-state index contributed by atoms with van der Waals surface area (Å²) in [6.07, 6.45) is -3.45. The lowest BCUT2D eigenvalue weighted by atomic mass is 9.91. The van der Waals surface area contributed by atoms with Gasteiger partial charge in [-0.05, 0) is 12.8 Å². The van der Waals surface area contributed by atoms with Crippen LogP contribution in [-0.2, 0) is 12.0 Å². The average Bonchev–Trinajstić information content (AvgIpc) is 2.82. The van der Waals surface area contributed by atoms with Gasteiger partial charge in [0.25, 0.3) is 0 Å². The van der Waals surface area contributed by atoms with E-state index < -0.39 is 12.1 Å². The van der Waals surface area contributed by atoms with Gasteiger partial charge in [-0.15, -0.1) is 0 Å². The Hall–Kier alpha value is -0.820. The molecule has 1 aromatic rings. The summed E-state index contributed by atoms with van der Waals surface area (Å²) in [5, 5.41) is 10.0. The lowest BCUT2D eigenvalue weighted by Crippen LogP contribution is -2.41. The van der Waals surface area contributed by atoms with Crippen LogP contribution in [0.25, 0.3) is 0 Å². The first kappa shape index (κ1) is 16.5. The number of alkyl halides is 3. The summed E-state index contributed by atoms with van der Waals surface area (Å²) in [5.41, 5.74) is 0.547. The molecule has 1 fully saturated rings. The minimum atomic E-state index is -4.15. The van der Waals surface area contributed by atoms with Gasteiger partial charge in [0.1, 0.15) is 0 Å². The molecule has 0 radical (unpaired) electrons. The SMILES string of the molecule is CC(C)(C)c1nc(N2CCCC(C(F)(F)F)C2)sc1CO. The second-order valence-electron chi connectivity index (χ2n) is 6.50. The third-order valence-electron chi connectivity index (χ3n) is 3.69. The molecule has 1 N–H and O–H groups in total. The van der Waals surface area contributed by atoms with Crippen molar-refractivity contribution >= 4 is 16.5 Å². The Morgan fingerprint density at radius 2 is 2.00 bits per heavy atom. The first-order chi connectivity index (χ1) is 9.63. The van der Waals surface area contributed by atoms with Crippen LogP contribution in [0.4, 0.5) is 18.3 Å². The Labute approximate surface area is 126 Å². The van der Waals surface area contributed by atoms with Gasteiger partial charge in [-0.25, -0.2) is 4.98 Å². The van der Waals surface area contributed by atoms with Gasteiger partial charge in [0.05, 0.1) is 23.1 Å². The largest absolute Gasteiger partial charge is 0.393 e. The number of nitrogens with zero attached hydrogens (tertiary/aromatic N) is 2. The van der Waals surface area contributed by atoms with E-state index in [1.54, 1.807) is 4.90 Å². The van der Waals surface area contributed by atoms with Gasteiger partial charge in [0.15, 0.2) is 5.13 Å². The number of thiazole rings is 1. The molecule has 7 heteroatoms. The third kappa shape index (κ3) is 3.69. The van der Waals surface area contributed by atoms with Crippen molar-refractivity contribution in [3.8, 4) is 0 Å². The Morgan fingerprint density at radius 1 is 1.33 bits per heavy atom. The molecule has 0 bridgehead atoms. The van der Waals surface area contributed by atoms with Crippen molar-refractivity contribution in [2.45, 2.75) is 51.8 Å². The van der Waals surface area contributed by atoms with Crippen molar-refractivity contribution in [1.29, 1.82) is 0 Å². The maximum absolute atomic E-state index is 12.9. The number of halogens is 3. The fourth-order valence-corrected chi connectivity index (χ4v) is 3.75. The average molecular weight is 322 g/mol. The number of hydrogen-bond donors (Lipinski definition) is 1. The topological polar surface area (TPSA) is 36.4 Å². The Bertz CT molecular complexity index is 493. The van der Waals surface area contributed by atoms with E-state index in [0.29, 0.717) is 18.1 Å². The molecular formula is C14H21F3N2OS. The second kappa shape index (κ2) is 5.76. The summed E-state index contributed by atoms with van der Waals surface area (Å²) in [6, 6.07) is 0. The van der Waals surface area contributed by atoms with Crippen molar-refractivity contribution in [3.05, 3.63) is 10.6 Å². The highest BCUT2D eigenvalue weighted by atomic mass is 32.1. The van der Waals surface area contributed by atoms with Gasteiger partial charge < -0.3 is 10.0 Å². The predicted molar refractivity (Wildman–Crippen MR) is 77.7 cm³/mol. The van der Waals surface area contributed by atoms with Crippen molar-refractivity contribution in [2.75, 3.05) is 18.0 Å². The second-order valence-corrected chi connectivity index (χ2v) is 7.57. The molecule has 1 atom stereocenters. The monoisotopic (exact) mass is 322 g/mol. The number of rotatable bonds is 2. The third-order valence-corrected chi connectivity index (χ3v) is 4.80. The minimum absolute atomic E-state index is 0.0362. The highest BCUT2D eigenvalue weighted by Crippen LogP contribution is 2.38. The number of hydrogen-bond acceptors (Lipinski definition) is 4. The van der Waals surface area contributed by atoms with Crippen LogP contribution in [0, 0.1) is 5.92 Å². The van der Waals surface area contributed by atoms with E-state index in [9.17, 15) is 18.3 Å². The zero-order chi connectivity index (χ0) is 15.8. The molecule has 0 aliphatic carbocycles. The zero-order valence-corrected chi connectivity index (χ0v) is 13.3. The first-order valence-corrected chi connectivity index (χ1v) is 7.87. The number of piperidine rings is 1. The van der Waals surface area contributed by atoms with Crippen molar-refractivity contribution < 1.29 is 18.3 Å². The summed E-state index contributed by atoms with van der Waals surface area (Å²) in [7, 11) is 0. The van der Waals surface area contributed by atoms with Crippen LogP contribution in [0.5, 0.6) is 0 Å². The van der Waals surface area contributed by atoms with E-state index in [1.807, 2.05) is 20.8 Å². The van der Waals surface area contributed by atoms with Crippen molar-refractivity contribution in [3.63, 3.8) is 0 Å². The van der Waals surface area contributed by atoms with Crippen LogP contribution in [0.2, 0.25) is 0 Å². The fourth-order valence-electron chi connectivity index (χ4n) is 2.59. The molecule has 120 valence electrons. The van der Waals surface area contributed by atoms with E-state index >= 15 is 0 Å². The summed E-state index contributed by atoms with van der Waals surface area (Å²) >= 11 is 1.30. The normalized spacial score (nSPS) is 20.9. The molecule has 3 nitrogen and oxygen atoms in total. The molecule has 21 heavy (non-hydrogen) atoms. The van der Waals surface area contributed by atoms with Gasteiger partial charge >= 0.3 is 6.18 Å². The summed E-state index contributed by atoms with van der Waals surface area (Å²) in [4.78, 5) is 6.96. The van der Waals surface area contributed by atoms with Gasteiger partial charge in [0, 0.05) is 18.5 Å². The van der Waals surface area contributed by atoms with Crippen LogP contribution in [-0.4, -0.2) is 29.4 Å². The molecular weight excluding hydrogens is 301 g/mol. The first-order valence-electron chi connectivity index (χ1n) is 7.05. The molecule has 0 spiro atoms. The van der Waals surface area contributed by atoms with Gasteiger partial charge in [0.2, 0.25) is 0 Å². The molecule has 1 aromatic heterocycles. The molecule has 1 unspecified atom stereocenters. The number of aliphatic hydroxyl groups is 1. The zero-order valence-electron chi connectivity index (χ0n) is 12.5. The van der Waals surface area contributed by atoms with E-state index in [0.717, 1.165) is 10.6 Å². The Kier molecular flexibility index (Phi) is 4.54. The molecule has 1 saturated heterocycles. The summed E-state index contributed by atoms with van der Waals surface area (Å²) in [6.45, 7) is 6.39. The van der Waals surface area contributed by atoms with E-state index in [1.165, 1.54) is 11.3 Å². The standard InChI is InChI=1S/C14H21F3N2OS/c1-13(2,3)11-10(8-20)21-12(18-11)19-6-4-5-9(7-19)14(15,16)17/h9,20H,4-8H2,1-3H3. The van der Waals surface area contributed by atoms with Crippen molar-refractivity contribution in [2.24, 2.45) is 5.92 Å². The summed E-state index contributed by atoms with van der Waals surface area (Å²) in [5.74, 6) is -1.29. The van der Waals surface area contributed by atoms with E-state index in [4.69, 9.17) is 0 Å². The molecule has 1 aliphatic heterocycles. The molecule has 0 aromatic carbocycles. The maximum Gasteiger partial charge on any atom is 0.393 e. The Balaban J connectivity index is 2.24. The van der Waals surface area contributed by atoms with Crippen LogP contribution in [0.15, 0.2) is 0 Å². The predicted octanol–water partition coefficient (Wildman–Crippen LogP) is 3.71. The Morgan fingerprint density at radius 3 is 2.48 bits per heavy atom. The smallest absolute Gasteiger partial charge is 0.391 e. The van der Waals surface area contributed by atoms with Crippen LogP contribution >= 0.6 is 11.3 Å². The highest BCUT2D eigenvalue weighted by molar-refractivity contribution is 7.15. The molecule has 2 heterocycles. The molecule has 2 rings (SSSR count). The molecule has 0 saturated carbocycles. The van der Waals surface area contributed by atoms with Gasteiger partial charge in [-0.1, -0.05) is 32.1 Å². The lowest BCUT2D eigenvalue weighted by molar-refractivity contribution is -0.175. The quantitative estimate of drug-likeness (QED) is 0.902. The molecule has 1 aliphatic rings.